The van der Waals surface area contributed by atoms with E-state index in [1.165, 1.54) is 12.8 Å². The Morgan fingerprint density at radius 2 is 2.00 bits per heavy atom. The lowest BCUT2D eigenvalue weighted by molar-refractivity contribution is 0.0922. The number of nitrogens with one attached hydrogen (secondary N) is 1. The molecule has 0 atom stereocenters. The lowest BCUT2D eigenvalue weighted by atomic mass is 9.87. The molecule has 1 amide bonds. The zero-order chi connectivity index (χ0) is 13.1. The average molecular weight is 311 g/mol. The smallest absolute Gasteiger partial charge is 0.252 e. The van der Waals surface area contributed by atoms with Gasteiger partial charge in [0.05, 0.1) is 5.56 Å². The molecule has 1 saturated carbocycles. The van der Waals surface area contributed by atoms with Crippen LogP contribution in [0.2, 0.25) is 0 Å². The van der Waals surface area contributed by atoms with Gasteiger partial charge in [-0.3, -0.25) is 4.79 Å². The van der Waals surface area contributed by atoms with Crippen LogP contribution >= 0.6 is 15.9 Å². The van der Waals surface area contributed by atoms with Crippen molar-refractivity contribution in [3.63, 3.8) is 0 Å². The molecule has 18 heavy (non-hydrogen) atoms. The molecule has 4 heteroatoms. The molecule has 1 aromatic rings. The van der Waals surface area contributed by atoms with Gasteiger partial charge in [0.1, 0.15) is 0 Å². The third-order valence-electron chi connectivity index (χ3n) is 3.59. The van der Waals surface area contributed by atoms with Crippen molar-refractivity contribution in [2.24, 2.45) is 5.92 Å². The van der Waals surface area contributed by atoms with Crippen LogP contribution in [0.15, 0.2) is 22.7 Å². The lowest BCUT2D eigenvalue weighted by Crippen LogP contribution is -2.37. The summed E-state index contributed by atoms with van der Waals surface area (Å²) >= 11 is 3.39. The lowest BCUT2D eigenvalue weighted by Gasteiger charge is -2.27. The van der Waals surface area contributed by atoms with Crippen LogP contribution in [0.4, 0.5) is 5.69 Å². The number of rotatable bonds is 2. The van der Waals surface area contributed by atoms with Crippen molar-refractivity contribution in [2.45, 2.75) is 38.6 Å². The van der Waals surface area contributed by atoms with Gasteiger partial charge in [0, 0.05) is 16.2 Å². The second kappa shape index (κ2) is 5.74. The molecule has 98 valence electrons. The minimum absolute atomic E-state index is 0.0336. The summed E-state index contributed by atoms with van der Waals surface area (Å²) < 4.78 is 0.790. The maximum absolute atomic E-state index is 12.2. The highest BCUT2D eigenvalue weighted by Gasteiger charge is 2.21. The summed E-state index contributed by atoms with van der Waals surface area (Å²) in [6.07, 6.45) is 4.55. The molecule has 0 heterocycles. The standard InChI is InChI=1S/C14H19BrN2O/c1-9-2-5-11(6-3-9)17-14(18)12-8-10(16)4-7-13(12)15/h4,7-9,11H,2-3,5-6,16H2,1H3,(H,17,18). The number of hydrogen-bond donors (Lipinski definition) is 2. The highest BCUT2D eigenvalue weighted by molar-refractivity contribution is 9.10. The van der Waals surface area contributed by atoms with Crippen molar-refractivity contribution in [2.75, 3.05) is 5.73 Å². The highest BCUT2D eigenvalue weighted by Crippen LogP contribution is 2.25. The summed E-state index contributed by atoms with van der Waals surface area (Å²) in [7, 11) is 0. The van der Waals surface area contributed by atoms with Crippen LogP contribution in [0, 0.1) is 5.92 Å². The van der Waals surface area contributed by atoms with Gasteiger partial charge in [-0.15, -0.1) is 0 Å². The Morgan fingerprint density at radius 1 is 1.33 bits per heavy atom. The molecule has 0 bridgehead atoms. The van der Waals surface area contributed by atoms with E-state index in [-0.39, 0.29) is 5.91 Å². The van der Waals surface area contributed by atoms with Gasteiger partial charge in [-0.05, 0) is 65.7 Å². The van der Waals surface area contributed by atoms with E-state index in [0.29, 0.717) is 17.3 Å². The summed E-state index contributed by atoms with van der Waals surface area (Å²) in [4.78, 5) is 12.2. The summed E-state index contributed by atoms with van der Waals surface area (Å²) in [5, 5.41) is 3.10. The maximum atomic E-state index is 12.2. The van der Waals surface area contributed by atoms with E-state index >= 15 is 0 Å². The van der Waals surface area contributed by atoms with Crippen LogP contribution in [0.1, 0.15) is 43.0 Å². The Bertz CT molecular complexity index is 439. The Morgan fingerprint density at radius 3 is 2.67 bits per heavy atom. The van der Waals surface area contributed by atoms with Gasteiger partial charge in [-0.1, -0.05) is 6.92 Å². The molecule has 0 radical (unpaired) electrons. The summed E-state index contributed by atoms with van der Waals surface area (Å²) in [5.41, 5.74) is 6.95. The van der Waals surface area contributed by atoms with Crippen LogP contribution < -0.4 is 11.1 Å². The van der Waals surface area contributed by atoms with Crippen LogP contribution in [-0.4, -0.2) is 11.9 Å². The predicted molar refractivity (Wildman–Crippen MR) is 77.4 cm³/mol. The van der Waals surface area contributed by atoms with Crippen LogP contribution in [-0.2, 0) is 0 Å². The fraction of sp³-hybridized carbons (Fsp3) is 0.500. The minimum Gasteiger partial charge on any atom is -0.399 e. The molecule has 0 saturated heterocycles. The number of hydrogen-bond acceptors (Lipinski definition) is 2. The van der Waals surface area contributed by atoms with Gasteiger partial charge in [-0.2, -0.15) is 0 Å². The first-order chi connectivity index (χ1) is 8.56. The molecule has 1 aromatic carbocycles. The van der Waals surface area contributed by atoms with Crippen LogP contribution in [0.3, 0.4) is 0 Å². The number of nitrogens with two attached hydrogens (primary N) is 1. The van der Waals surface area contributed by atoms with E-state index in [2.05, 4.69) is 28.2 Å². The Balaban J connectivity index is 2.01. The van der Waals surface area contributed by atoms with E-state index in [1.807, 2.05) is 6.07 Å². The number of benzene rings is 1. The zero-order valence-electron chi connectivity index (χ0n) is 10.6. The van der Waals surface area contributed by atoms with E-state index < -0.39 is 0 Å². The SMILES string of the molecule is CC1CCC(NC(=O)c2cc(N)ccc2Br)CC1. The molecule has 0 aliphatic heterocycles. The second-order valence-corrected chi connectivity index (χ2v) is 6.02. The number of carbonyl (C=O) groups excluding carboxylic acids is 1. The second-order valence-electron chi connectivity index (χ2n) is 5.17. The number of amides is 1. The van der Waals surface area contributed by atoms with Gasteiger partial charge in [0.2, 0.25) is 0 Å². The summed E-state index contributed by atoms with van der Waals surface area (Å²) in [6.45, 7) is 2.27. The maximum Gasteiger partial charge on any atom is 0.252 e. The van der Waals surface area contributed by atoms with Gasteiger partial charge in [0.15, 0.2) is 0 Å². The molecule has 1 fully saturated rings. The molecule has 3 N–H and O–H groups in total. The monoisotopic (exact) mass is 310 g/mol. The largest absolute Gasteiger partial charge is 0.399 e. The third kappa shape index (κ3) is 3.25. The zero-order valence-corrected chi connectivity index (χ0v) is 12.2. The third-order valence-corrected chi connectivity index (χ3v) is 4.28. The van der Waals surface area contributed by atoms with E-state index in [1.54, 1.807) is 12.1 Å². The van der Waals surface area contributed by atoms with Gasteiger partial charge < -0.3 is 11.1 Å². The Kier molecular flexibility index (Phi) is 4.27. The first kappa shape index (κ1) is 13.4. The first-order valence-electron chi connectivity index (χ1n) is 6.42. The van der Waals surface area contributed by atoms with Crippen molar-refractivity contribution in [3.8, 4) is 0 Å². The Hall–Kier alpha value is -1.03. The van der Waals surface area contributed by atoms with E-state index in [4.69, 9.17) is 5.73 Å². The predicted octanol–water partition coefficient (Wildman–Crippen LogP) is 3.34. The Labute approximate surface area is 116 Å². The number of nitrogen functional groups attached to an aromatic ring is 1. The van der Waals surface area contributed by atoms with Crippen molar-refractivity contribution >= 4 is 27.5 Å². The number of halogens is 1. The molecular weight excluding hydrogens is 292 g/mol. The van der Waals surface area contributed by atoms with Crippen molar-refractivity contribution < 1.29 is 4.79 Å². The van der Waals surface area contributed by atoms with Crippen molar-refractivity contribution in [3.05, 3.63) is 28.2 Å². The molecule has 2 rings (SSSR count). The molecule has 1 aliphatic carbocycles. The normalized spacial score (nSPS) is 23.7. The highest BCUT2D eigenvalue weighted by atomic mass is 79.9. The van der Waals surface area contributed by atoms with Crippen LogP contribution in [0.25, 0.3) is 0 Å². The molecule has 3 nitrogen and oxygen atoms in total. The molecular formula is C14H19BrN2O. The molecule has 1 aliphatic rings. The van der Waals surface area contributed by atoms with Crippen LogP contribution in [0.5, 0.6) is 0 Å². The minimum atomic E-state index is -0.0336. The fourth-order valence-corrected chi connectivity index (χ4v) is 2.81. The van der Waals surface area contributed by atoms with E-state index in [0.717, 1.165) is 23.2 Å². The summed E-state index contributed by atoms with van der Waals surface area (Å²) in [6, 6.07) is 5.61. The fourth-order valence-electron chi connectivity index (χ4n) is 2.38. The molecule has 0 spiro atoms. The summed E-state index contributed by atoms with van der Waals surface area (Å²) in [5.74, 6) is 0.756. The topological polar surface area (TPSA) is 55.1 Å². The average Bonchev–Trinajstić information content (AvgIpc) is 2.35. The number of carbonyl (C=O) groups is 1. The van der Waals surface area contributed by atoms with Gasteiger partial charge in [-0.25, -0.2) is 0 Å². The van der Waals surface area contributed by atoms with Crippen molar-refractivity contribution in [1.82, 2.24) is 5.32 Å². The van der Waals surface area contributed by atoms with Gasteiger partial charge >= 0.3 is 0 Å². The first-order valence-corrected chi connectivity index (χ1v) is 7.21. The van der Waals surface area contributed by atoms with Gasteiger partial charge in [0.25, 0.3) is 5.91 Å². The van der Waals surface area contributed by atoms with E-state index in [9.17, 15) is 4.79 Å². The quantitative estimate of drug-likeness (QED) is 0.823. The van der Waals surface area contributed by atoms with Crippen molar-refractivity contribution in [1.29, 1.82) is 0 Å². The molecule has 0 unspecified atom stereocenters. The molecule has 0 aromatic heterocycles. The number of anilines is 1.